The molecule has 0 spiro atoms. The highest BCUT2D eigenvalue weighted by Crippen LogP contribution is 2.37. The van der Waals surface area contributed by atoms with E-state index >= 15 is 0 Å². The molecule has 0 bridgehead atoms. The molecule has 3 heterocycles. The van der Waals surface area contributed by atoms with Crippen molar-refractivity contribution in [3.8, 4) is 22.9 Å². The van der Waals surface area contributed by atoms with Crippen molar-refractivity contribution in [2.75, 3.05) is 19.8 Å². The first-order valence-electron chi connectivity index (χ1n) is 12.4. The maximum Gasteiger partial charge on any atom is 0.304 e. The number of hydrogen-bond acceptors (Lipinski definition) is 6. The summed E-state index contributed by atoms with van der Waals surface area (Å²) in [5, 5.41) is 9.09. The lowest BCUT2D eigenvalue weighted by Gasteiger charge is -2.24. The molecule has 0 radical (unpaired) electrons. The van der Waals surface area contributed by atoms with Gasteiger partial charge in [-0.3, -0.25) is 4.79 Å². The van der Waals surface area contributed by atoms with Gasteiger partial charge in [-0.25, -0.2) is 4.98 Å². The quantitative estimate of drug-likeness (QED) is 0.512. The van der Waals surface area contributed by atoms with Crippen molar-refractivity contribution in [2.45, 2.75) is 45.6 Å². The molecular weight excluding hydrogens is 458 g/mol. The molecule has 1 unspecified atom stereocenters. The Kier molecular flexibility index (Phi) is 7.09. The number of carboxylic acids is 1. The summed E-state index contributed by atoms with van der Waals surface area (Å²) in [5.74, 6) is 1.22. The zero-order valence-electron chi connectivity index (χ0n) is 20.7. The minimum atomic E-state index is -0.812. The number of aryl methyl sites for hydroxylation is 2. The second-order valence-corrected chi connectivity index (χ2v) is 9.51. The van der Waals surface area contributed by atoms with Gasteiger partial charge in [0, 0.05) is 30.4 Å². The van der Waals surface area contributed by atoms with E-state index in [0.717, 1.165) is 71.1 Å². The van der Waals surface area contributed by atoms with Gasteiger partial charge in [-0.05, 0) is 66.8 Å². The summed E-state index contributed by atoms with van der Waals surface area (Å²) in [7, 11) is 0. The van der Waals surface area contributed by atoms with E-state index in [1.54, 1.807) is 6.26 Å². The molecular formula is C29H31NO6. The number of aromatic nitrogens is 1. The molecule has 188 valence electrons. The molecule has 1 aromatic heterocycles. The van der Waals surface area contributed by atoms with Crippen molar-refractivity contribution in [3.05, 3.63) is 76.8 Å². The predicted molar refractivity (Wildman–Crippen MR) is 135 cm³/mol. The number of allylic oxidation sites excluding steroid dienone is 4. The van der Waals surface area contributed by atoms with Gasteiger partial charge in [0.15, 0.2) is 0 Å². The molecule has 2 aromatic rings. The van der Waals surface area contributed by atoms with Gasteiger partial charge < -0.3 is 24.1 Å². The van der Waals surface area contributed by atoms with Crippen LogP contribution in [0.1, 0.15) is 36.8 Å². The first-order valence-corrected chi connectivity index (χ1v) is 12.4. The average molecular weight is 490 g/mol. The Labute approximate surface area is 211 Å². The maximum absolute atomic E-state index is 11.1. The van der Waals surface area contributed by atoms with Gasteiger partial charge >= 0.3 is 5.97 Å². The number of fused-ring (bicyclic) bond motifs is 1. The molecule has 1 aromatic carbocycles. The smallest absolute Gasteiger partial charge is 0.304 e. The average Bonchev–Trinajstić information content (AvgIpc) is 3.24. The minimum absolute atomic E-state index is 0.0803. The van der Waals surface area contributed by atoms with Crippen LogP contribution in [0.15, 0.2) is 65.7 Å². The van der Waals surface area contributed by atoms with E-state index in [1.807, 2.05) is 30.4 Å². The zero-order valence-corrected chi connectivity index (χ0v) is 20.7. The summed E-state index contributed by atoms with van der Waals surface area (Å²) < 4.78 is 23.3. The van der Waals surface area contributed by atoms with Crippen LogP contribution in [0.4, 0.5) is 0 Å². The third-order valence-electron chi connectivity index (χ3n) is 6.75. The molecule has 7 heteroatoms. The molecule has 2 fully saturated rings. The van der Waals surface area contributed by atoms with E-state index < -0.39 is 5.97 Å². The number of ether oxygens (including phenoxy) is 4. The molecule has 0 saturated carbocycles. The summed E-state index contributed by atoms with van der Waals surface area (Å²) in [6, 6.07) is 9.91. The van der Waals surface area contributed by atoms with Crippen molar-refractivity contribution in [1.82, 2.24) is 4.98 Å². The topological polar surface area (TPSA) is 87.1 Å². The highest BCUT2D eigenvalue weighted by Gasteiger charge is 2.30. The number of hydrogen-bond donors (Lipinski definition) is 1. The van der Waals surface area contributed by atoms with E-state index in [-0.39, 0.29) is 18.4 Å². The Morgan fingerprint density at radius 3 is 2.72 bits per heavy atom. The maximum atomic E-state index is 11.1. The van der Waals surface area contributed by atoms with Crippen molar-refractivity contribution < 1.29 is 28.8 Å². The normalized spacial score (nSPS) is 20.8. The molecule has 36 heavy (non-hydrogen) atoms. The van der Waals surface area contributed by atoms with E-state index in [2.05, 4.69) is 26.0 Å². The van der Waals surface area contributed by atoms with Gasteiger partial charge in [0.1, 0.15) is 17.6 Å². The number of carboxylic acid groups (broad SMARTS) is 1. The first-order chi connectivity index (χ1) is 17.5. The molecule has 5 rings (SSSR count). The fourth-order valence-corrected chi connectivity index (χ4v) is 5.01. The zero-order chi connectivity index (χ0) is 25.1. The van der Waals surface area contributed by atoms with Crippen LogP contribution in [-0.2, 0) is 14.3 Å². The number of rotatable bonds is 7. The standard InChI is InChI=1S/C29H31NO6/c1-18-12-23(36-22-8-10-33-11-9-22)13-19(2)29(18)25-4-3-5-27(30-25)35-16-20-6-7-24-21(15-28(31)32)17-34-26(24)14-20/h3-5,7,12-14,16,21-22H,6,8-11,15,17H2,1-2H3,(H,31,32). The van der Waals surface area contributed by atoms with Crippen molar-refractivity contribution >= 4 is 5.97 Å². The number of carbonyl (C=O) groups is 1. The van der Waals surface area contributed by atoms with Gasteiger partial charge in [0.2, 0.25) is 5.88 Å². The van der Waals surface area contributed by atoms with Crippen LogP contribution in [-0.4, -0.2) is 42.0 Å². The van der Waals surface area contributed by atoms with Gasteiger partial charge in [-0.15, -0.1) is 0 Å². The molecule has 7 nitrogen and oxygen atoms in total. The minimum Gasteiger partial charge on any atom is -0.493 e. The van der Waals surface area contributed by atoms with Crippen LogP contribution >= 0.6 is 0 Å². The number of nitrogens with zero attached hydrogens (tertiary/aromatic N) is 1. The monoisotopic (exact) mass is 489 g/mol. The summed E-state index contributed by atoms with van der Waals surface area (Å²) in [4.78, 5) is 15.8. The predicted octanol–water partition coefficient (Wildman–Crippen LogP) is 5.52. The molecule has 1 aliphatic carbocycles. The Morgan fingerprint density at radius 1 is 1.19 bits per heavy atom. The SMILES string of the molecule is Cc1cc(OC2CCOCC2)cc(C)c1-c1cccc(OC=C2C=C3OCC(CC(=O)O)C3=CC2)n1. The van der Waals surface area contributed by atoms with Crippen molar-refractivity contribution in [1.29, 1.82) is 0 Å². The third-order valence-corrected chi connectivity index (χ3v) is 6.75. The Balaban J connectivity index is 1.28. The molecule has 2 saturated heterocycles. The highest BCUT2D eigenvalue weighted by molar-refractivity contribution is 5.69. The summed E-state index contributed by atoms with van der Waals surface area (Å²) in [5.41, 5.74) is 6.04. The lowest BCUT2D eigenvalue weighted by molar-refractivity contribution is -0.137. The number of pyridine rings is 1. The Hall–Kier alpha value is -3.58. The second-order valence-electron chi connectivity index (χ2n) is 9.51. The summed E-state index contributed by atoms with van der Waals surface area (Å²) in [6.45, 7) is 6.06. The molecule has 0 amide bonds. The van der Waals surface area contributed by atoms with Crippen molar-refractivity contribution in [3.63, 3.8) is 0 Å². The largest absolute Gasteiger partial charge is 0.493 e. The lowest BCUT2D eigenvalue weighted by atomic mass is 9.92. The van der Waals surface area contributed by atoms with Crippen LogP contribution in [0.3, 0.4) is 0 Å². The van der Waals surface area contributed by atoms with E-state index in [9.17, 15) is 4.79 Å². The molecule has 1 atom stereocenters. The van der Waals surface area contributed by atoms with Crippen LogP contribution < -0.4 is 9.47 Å². The first kappa shape index (κ1) is 24.1. The van der Waals surface area contributed by atoms with Crippen LogP contribution in [0.25, 0.3) is 11.3 Å². The van der Waals surface area contributed by atoms with Crippen LogP contribution in [0.2, 0.25) is 0 Å². The molecule has 1 N–H and O–H groups in total. The fraction of sp³-hybridized carbons (Fsp3) is 0.379. The van der Waals surface area contributed by atoms with Gasteiger partial charge in [0.25, 0.3) is 0 Å². The van der Waals surface area contributed by atoms with Crippen molar-refractivity contribution in [2.24, 2.45) is 5.92 Å². The second kappa shape index (κ2) is 10.6. The van der Waals surface area contributed by atoms with Gasteiger partial charge in [-0.2, -0.15) is 0 Å². The van der Waals surface area contributed by atoms with E-state index in [0.29, 0.717) is 18.9 Å². The number of benzene rings is 1. The lowest BCUT2D eigenvalue weighted by Crippen LogP contribution is -2.25. The third kappa shape index (κ3) is 5.46. The Morgan fingerprint density at radius 2 is 1.97 bits per heavy atom. The van der Waals surface area contributed by atoms with Gasteiger partial charge in [-0.1, -0.05) is 12.1 Å². The summed E-state index contributed by atoms with van der Waals surface area (Å²) in [6.07, 6.45) is 8.41. The van der Waals surface area contributed by atoms with E-state index in [4.69, 9.17) is 29.0 Å². The van der Waals surface area contributed by atoms with Crippen LogP contribution in [0.5, 0.6) is 11.6 Å². The Bertz CT molecular complexity index is 1220. The van der Waals surface area contributed by atoms with Gasteiger partial charge in [0.05, 0.1) is 38.2 Å². The molecule has 2 aliphatic heterocycles. The molecule has 3 aliphatic rings. The highest BCUT2D eigenvalue weighted by atomic mass is 16.5. The summed E-state index contributed by atoms with van der Waals surface area (Å²) >= 11 is 0. The fourth-order valence-electron chi connectivity index (χ4n) is 5.01. The van der Waals surface area contributed by atoms with Crippen LogP contribution in [0, 0.1) is 19.8 Å². The van der Waals surface area contributed by atoms with E-state index in [1.165, 1.54) is 0 Å². The number of aliphatic carboxylic acids is 1.